The van der Waals surface area contributed by atoms with Crippen LogP contribution in [0.25, 0.3) is 11.3 Å². The van der Waals surface area contributed by atoms with E-state index in [1.165, 1.54) is 18.2 Å². The average molecular weight is 413 g/mol. The fraction of sp³-hybridized carbons (Fsp3) is 0.286. The number of hydrogen-bond donors (Lipinski definition) is 2. The lowest BCUT2D eigenvalue weighted by atomic mass is 10.1. The first-order valence-electron chi connectivity index (χ1n) is 9.58. The standard InChI is InChI=1S/C21H21F2N5O2/c1-12-10-25-19(30-12)8-13-6-7-28(11-13)21(29)27-20-17(24)4-5-18(26-20)15-3-2-14(22)9-16(15)23/h2-5,9-10,13H,6-8,11,24H2,1H3,(H,26,27,29). The Kier molecular flexibility index (Phi) is 5.35. The number of pyridine rings is 1. The number of likely N-dealkylation sites (tertiary alicyclic amines) is 1. The highest BCUT2D eigenvalue weighted by atomic mass is 19.1. The minimum Gasteiger partial charge on any atom is -0.446 e. The summed E-state index contributed by atoms with van der Waals surface area (Å²) in [5, 5.41) is 2.70. The first-order chi connectivity index (χ1) is 14.4. The van der Waals surface area contributed by atoms with Gasteiger partial charge in [-0.05, 0) is 43.5 Å². The van der Waals surface area contributed by atoms with E-state index in [2.05, 4.69) is 15.3 Å². The van der Waals surface area contributed by atoms with Gasteiger partial charge in [0.25, 0.3) is 0 Å². The number of carbonyl (C=O) groups is 1. The second-order valence-electron chi connectivity index (χ2n) is 7.36. The van der Waals surface area contributed by atoms with Crippen molar-refractivity contribution in [1.82, 2.24) is 14.9 Å². The van der Waals surface area contributed by atoms with Crippen LogP contribution >= 0.6 is 0 Å². The summed E-state index contributed by atoms with van der Waals surface area (Å²) < 4.78 is 32.8. The molecule has 3 heterocycles. The normalized spacial score (nSPS) is 16.1. The minimum absolute atomic E-state index is 0.120. The molecule has 1 aliphatic rings. The van der Waals surface area contributed by atoms with Crippen LogP contribution in [0.5, 0.6) is 0 Å². The summed E-state index contributed by atoms with van der Waals surface area (Å²) in [6.45, 7) is 2.98. The molecule has 2 aromatic heterocycles. The monoisotopic (exact) mass is 413 g/mol. The van der Waals surface area contributed by atoms with Crippen molar-refractivity contribution in [2.45, 2.75) is 19.8 Å². The predicted molar refractivity (Wildman–Crippen MR) is 108 cm³/mol. The molecule has 2 amide bonds. The van der Waals surface area contributed by atoms with Crippen molar-refractivity contribution in [3.05, 3.63) is 59.8 Å². The number of amides is 2. The molecule has 156 valence electrons. The van der Waals surface area contributed by atoms with Crippen LogP contribution in [-0.4, -0.2) is 34.0 Å². The van der Waals surface area contributed by atoms with Crippen LogP contribution in [0.15, 0.2) is 40.9 Å². The van der Waals surface area contributed by atoms with Crippen molar-refractivity contribution in [3.63, 3.8) is 0 Å². The summed E-state index contributed by atoms with van der Waals surface area (Å²) >= 11 is 0. The molecular formula is C21H21F2N5O2. The van der Waals surface area contributed by atoms with E-state index in [0.29, 0.717) is 25.4 Å². The maximum atomic E-state index is 14.1. The number of nitrogen functional groups attached to an aromatic ring is 1. The number of rotatable bonds is 4. The zero-order chi connectivity index (χ0) is 21.3. The average Bonchev–Trinajstić information content (AvgIpc) is 3.33. The quantitative estimate of drug-likeness (QED) is 0.674. The smallest absolute Gasteiger partial charge is 0.323 e. The van der Waals surface area contributed by atoms with E-state index in [1.54, 1.807) is 11.1 Å². The minimum atomic E-state index is -0.742. The molecule has 7 nitrogen and oxygen atoms in total. The lowest BCUT2D eigenvalue weighted by molar-refractivity contribution is 0.220. The van der Waals surface area contributed by atoms with Crippen LogP contribution in [0.1, 0.15) is 18.1 Å². The second kappa shape index (κ2) is 8.10. The number of hydrogen-bond acceptors (Lipinski definition) is 5. The zero-order valence-corrected chi connectivity index (χ0v) is 16.4. The van der Waals surface area contributed by atoms with E-state index in [-0.39, 0.29) is 34.7 Å². The Balaban J connectivity index is 1.44. The van der Waals surface area contributed by atoms with Gasteiger partial charge < -0.3 is 15.1 Å². The van der Waals surface area contributed by atoms with Crippen molar-refractivity contribution in [1.29, 1.82) is 0 Å². The molecule has 0 saturated carbocycles. The third kappa shape index (κ3) is 4.24. The first kappa shape index (κ1) is 19.8. The number of nitrogens with one attached hydrogen (secondary N) is 1. The summed E-state index contributed by atoms with van der Waals surface area (Å²) in [6.07, 6.45) is 3.18. The Bertz CT molecular complexity index is 1090. The Morgan fingerprint density at radius 3 is 2.90 bits per heavy atom. The SMILES string of the molecule is Cc1cnc(CC2CCN(C(=O)Nc3nc(-c4ccc(F)cc4F)ccc3N)C2)o1. The van der Waals surface area contributed by atoms with Gasteiger partial charge in [0.1, 0.15) is 17.4 Å². The van der Waals surface area contributed by atoms with Gasteiger partial charge in [-0.25, -0.2) is 23.5 Å². The van der Waals surface area contributed by atoms with Crippen LogP contribution in [-0.2, 0) is 6.42 Å². The fourth-order valence-corrected chi connectivity index (χ4v) is 3.52. The first-order valence-corrected chi connectivity index (χ1v) is 9.58. The molecule has 0 bridgehead atoms. The third-order valence-electron chi connectivity index (χ3n) is 5.06. The van der Waals surface area contributed by atoms with Crippen LogP contribution in [0.2, 0.25) is 0 Å². The predicted octanol–water partition coefficient (Wildman–Crippen LogP) is 4.00. The van der Waals surface area contributed by atoms with E-state index >= 15 is 0 Å². The molecule has 30 heavy (non-hydrogen) atoms. The number of benzene rings is 1. The summed E-state index contributed by atoms with van der Waals surface area (Å²) in [6, 6.07) is 5.94. The van der Waals surface area contributed by atoms with E-state index in [0.717, 1.165) is 24.3 Å². The summed E-state index contributed by atoms with van der Waals surface area (Å²) in [5.41, 5.74) is 6.55. The maximum absolute atomic E-state index is 14.1. The zero-order valence-electron chi connectivity index (χ0n) is 16.4. The number of urea groups is 1. The van der Waals surface area contributed by atoms with Crippen molar-refractivity contribution < 1.29 is 18.0 Å². The molecule has 1 aliphatic heterocycles. The van der Waals surface area contributed by atoms with Gasteiger partial charge in [0.2, 0.25) is 0 Å². The Morgan fingerprint density at radius 1 is 1.33 bits per heavy atom. The van der Waals surface area contributed by atoms with Gasteiger partial charge in [0, 0.05) is 31.1 Å². The topological polar surface area (TPSA) is 97.3 Å². The molecule has 0 radical (unpaired) electrons. The van der Waals surface area contributed by atoms with Gasteiger partial charge >= 0.3 is 6.03 Å². The van der Waals surface area contributed by atoms with Gasteiger partial charge in [0.15, 0.2) is 11.7 Å². The number of anilines is 2. The van der Waals surface area contributed by atoms with Crippen molar-refractivity contribution in [2.75, 3.05) is 24.1 Å². The van der Waals surface area contributed by atoms with Crippen LogP contribution < -0.4 is 11.1 Å². The highest BCUT2D eigenvalue weighted by molar-refractivity contribution is 5.92. The van der Waals surface area contributed by atoms with Crippen LogP contribution in [0.4, 0.5) is 25.1 Å². The Labute approximate surface area is 171 Å². The summed E-state index contributed by atoms with van der Waals surface area (Å²) in [4.78, 5) is 22.8. The number of nitrogens with two attached hydrogens (primary N) is 1. The molecule has 1 unspecified atom stereocenters. The van der Waals surface area contributed by atoms with Gasteiger partial charge in [-0.1, -0.05) is 0 Å². The van der Waals surface area contributed by atoms with E-state index in [1.807, 2.05) is 6.92 Å². The summed E-state index contributed by atoms with van der Waals surface area (Å²) in [7, 11) is 0. The molecule has 3 aromatic rings. The highest BCUT2D eigenvalue weighted by Gasteiger charge is 2.28. The van der Waals surface area contributed by atoms with Gasteiger partial charge in [-0.15, -0.1) is 0 Å². The van der Waals surface area contributed by atoms with Crippen LogP contribution in [0.3, 0.4) is 0 Å². The maximum Gasteiger partial charge on any atom is 0.323 e. The second-order valence-corrected chi connectivity index (χ2v) is 7.36. The molecular weight excluding hydrogens is 392 g/mol. The molecule has 1 fully saturated rings. The fourth-order valence-electron chi connectivity index (χ4n) is 3.52. The number of nitrogens with zero attached hydrogens (tertiary/aromatic N) is 3. The molecule has 9 heteroatoms. The van der Waals surface area contributed by atoms with Gasteiger partial charge in [0.05, 0.1) is 17.6 Å². The molecule has 0 aliphatic carbocycles. The number of oxazole rings is 1. The highest BCUT2D eigenvalue weighted by Crippen LogP contribution is 2.27. The Hall–Kier alpha value is -3.49. The Morgan fingerprint density at radius 2 is 2.17 bits per heavy atom. The van der Waals surface area contributed by atoms with Crippen LogP contribution in [0, 0.1) is 24.5 Å². The van der Waals surface area contributed by atoms with Gasteiger partial charge in [-0.2, -0.15) is 0 Å². The lowest BCUT2D eigenvalue weighted by Crippen LogP contribution is -2.33. The number of carbonyl (C=O) groups excluding carboxylic acids is 1. The van der Waals surface area contributed by atoms with Crippen molar-refractivity contribution in [2.24, 2.45) is 5.92 Å². The lowest BCUT2D eigenvalue weighted by Gasteiger charge is -2.18. The third-order valence-corrected chi connectivity index (χ3v) is 5.06. The molecule has 4 rings (SSSR count). The summed E-state index contributed by atoms with van der Waals surface area (Å²) in [5.74, 6) is 0.389. The number of aromatic nitrogens is 2. The van der Waals surface area contributed by atoms with E-state index < -0.39 is 11.6 Å². The van der Waals surface area contributed by atoms with E-state index in [9.17, 15) is 13.6 Å². The number of aryl methyl sites for hydroxylation is 1. The molecule has 3 N–H and O–H groups in total. The largest absolute Gasteiger partial charge is 0.446 e. The molecule has 1 saturated heterocycles. The van der Waals surface area contributed by atoms with Crippen molar-refractivity contribution >= 4 is 17.5 Å². The van der Waals surface area contributed by atoms with Crippen molar-refractivity contribution in [3.8, 4) is 11.3 Å². The van der Waals surface area contributed by atoms with E-state index in [4.69, 9.17) is 10.2 Å². The van der Waals surface area contributed by atoms with Gasteiger partial charge in [-0.3, -0.25) is 5.32 Å². The molecule has 0 spiro atoms. The molecule has 1 aromatic carbocycles. The molecule has 1 atom stereocenters. The number of halogens is 2.